The normalized spacial score (nSPS) is 27.0. The van der Waals surface area contributed by atoms with Crippen molar-refractivity contribution in [1.82, 2.24) is 15.5 Å². The fourth-order valence-electron chi connectivity index (χ4n) is 2.83. The maximum absolute atomic E-state index is 12.0. The zero-order valence-corrected chi connectivity index (χ0v) is 11.3. The van der Waals surface area contributed by atoms with Gasteiger partial charge in [-0.2, -0.15) is 0 Å². The van der Waals surface area contributed by atoms with Crippen molar-refractivity contribution in [2.75, 3.05) is 26.2 Å². The van der Waals surface area contributed by atoms with Gasteiger partial charge in [-0.3, -0.25) is 9.59 Å². The average molecular weight is 253 g/mol. The molecule has 1 saturated heterocycles. The number of carbonyl (C=O) groups excluding carboxylic acids is 2. The first-order chi connectivity index (χ1) is 8.50. The minimum atomic E-state index is -0.433. The second kappa shape index (κ2) is 5.26. The molecule has 0 bridgehead atoms. The van der Waals surface area contributed by atoms with Crippen LogP contribution >= 0.6 is 0 Å². The van der Waals surface area contributed by atoms with Gasteiger partial charge in [-0.25, -0.2) is 0 Å². The molecule has 0 aromatic rings. The Hall–Kier alpha value is -1.10. The Kier molecular flexibility index (Phi) is 3.90. The monoisotopic (exact) mass is 253 g/mol. The summed E-state index contributed by atoms with van der Waals surface area (Å²) in [7, 11) is 0. The average Bonchev–Trinajstić information content (AvgIpc) is 2.69. The first kappa shape index (κ1) is 13.3. The van der Waals surface area contributed by atoms with Crippen molar-refractivity contribution in [2.45, 2.75) is 39.2 Å². The van der Waals surface area contributed by atoms with Crippen molar-refractivity contribution < 1.29 is 9.59 Å². The van der Waals surface area contributed by atoms with E-state index in [0.29, 0.717) is 13.1 Å². The van der Waals surface area contributed by atoms with Crippen molar-refractivity contribution in [1.29, 1.82) is 0 Å². The molecule has 1 aliphatic heterocycles. The van der Waals surface area contributed by atoms with Crippen molar-refractivity contribution in [2.24, 2.45) is 5.41 Å². The standard InChI is InChI=1S/C13H23N3O2/c1-13(2)5-3-4-10(13)15-11(17)12(18)16-8-6-14-7-9-16/h10,14H,3-9H2,1-2H3,(H,15,17). The number of rotatable bonds is 1. The molecule has 5 heteroatoms. The van der Waals surface area contributed by atoms with Gasteiger partial charge in [0.2, 0.25) is 0 Å². The van der Waals surface area contributed by atoms with Crippen LogP contribution in [-0.2, 0) is 9.59 Å². The molecule has 102 valence electrons. The molecule has 1 aliphatic carbocycles. The van der Waals surface area contributed by atoms with E-state index >= 15 is 0 Å². The second-order valence-corrected chi connectivity index (χ2v) is 5.95. The van der Waals surface area contributed by atoms with Crippen LogP contribution in [0.4, 0.5) is 0 Å². The van der Waals surface area contributed by atoms with Crippen LogP contribution in [0.2, 0.25) is 0 Å². The molecule has 2 aliphatic rings. The summed E-state index contributed by atoms with van der Waals surface area (Å²) in [5.41, 5.74) is 0.111. The van der Waals surface area contributed by atoms with E-state index in [2.05, 4.69) is 24.5 Å². The summed E-state index contributed by atoms with van der Waals surface area (Å²) in [6.07, 6.45) is 3.22. The molecule has 0 spiro atoms. The van der Waals surface area contributed by atoms with Crippen LogP contribution in [-0.4, -0.2) is 48.9 Å². The lowest BCUT2D eigenvalue weighted by Gasteiger charge is -2.30. The molecule has 2 fully saturated rings. The molecule has 0 aromatic carbocycles. The molecular formula is C13H23N3O2. The fraction of sp³-hybridized carbons (Fsp3) is 0.846. The minimum absolute atomic E-state index is 0.111. The summed E-state index contributed by atoms with van der Waals surface area (Å²) in [6.45, 7) is 7.10. The number of carbonyl (C=O) groups is 2. The number of hydrogen-bond donors (Lipinski definition) is 2. The highest BCUT2D eigenvalue weighted by Crippen LogP contribution is 2.37. The van der Waals surface area contributed by atoms with Gasteiger partial charge in [0.15, 0.2) is 0 Å². The molecule has 0 aromatic heterocycles. The van der Waals surface area contributed by atoms with Gasteiger partial charge in [0.05, 0.1) is 0 Å². The van der Waals surface area contributed by atoms with E-state index in [-0.39, 0.29) is 17.4 Å². The molecule has 1 saturated carbocycles. The highest BCUT2D eigenvalue weighted by Gasteiger charge is 2.37. The zero-order valence-electron chi connectivity index (χ0n) is 11.3. The zero-order chi connectivity index (χ0) is 13.2. The molecule has 0 radical (unpaired) electrons. The summed E-state index contributed by atoms with van der Waals surface area (Å²) >= 11 is 0. The second-order valence-electron chi connectivity index (χ2n) is 5.95. The largest absolute Gasteiger partial charge is 0.345 e. The first-order valence-corrected chi connectivity index (χ1v) is 6.81. The van der Waals surface area contributed by atoms with Crippen molar-refractivity contribution >= 4 is 11.8 Å². The number of piperazine rings is 1. The maximum atomic E-state index is 12.0. The smallest absolute Gasteiger partial charge is 0.311 e. The van der Waals surface area contributed by atoms with Gasteiger partial charge in [-0.15, -0.1) is 0 Å². The van der Waals surface area contributed by atoms with Gasteiger partial charge >= 0.3 is 11.8 Å². The van der Waals surface area contributed by atoms with E-state index in [0.717, 1.165) is 32.4 Å². The molecule has 2 amide bonds. The molecule has 18 heavy (non-hydrogen) atoms. The highest BCUT2D eigenvalue weighted by atomic mass is 16.2. The van der Waals surface area contributed by atoms with Crippen LogP contribution in [0.5, 0.6) is 0 Å². The Bertz CT molecular complexity index is 335. The van der Waals surface area contributed by atoms with E-state index < -0.39 is 5.91 Å². The van der Waals surface area contributed by atoms with Crippen LogP contribution in [0.25, 0.3) is 0 Å². The SMILES string of the molecule is CC1(C)CCCC1NC(=O)C(=O)N1CCNCC1. The number of amides is 2. The van der Waals surface area contributed by atoms with Crippen molar-refractivity contribution in [3.8, 4) is 0 Å². The van der Waals surface area contributed by atoms with E-state index in [4.69, 9.17) is 0 Å². The molecule has 1 unspecified atom stereocenters. The maximum Gasteiger partial charge on any atom is 0.311 e. The lowest BCUT2D eigenvalue weighted by atomic mass is 9.87. The third-order valence-electron chi connectivity index (χ3n) is 4.16. The lowest BCUT2D eigenvalue weighted by Crippen LogP contribution is -2.53. The van der Waals surface area contributed by atoms with Crippen LogP contribution in [0.15, 0.2) is 0 Å². The molecule has 5 nitrogen and oxygen atoms in total. The molecule has 2 N–H and O–H groups in total. The molecule has 2 rings (SSSR count). The number of hydrogen-bond acceptors (Lipinski definition) is 3. The third kappa shape index (κ3) is 2.83. The topological polar surface area (TPSA) is 61.4 Å². The molecular weight excluding hydrogens is 230 g/mol. The first-order valence-electron chi connectivity index (χ1n) is 6.81. The van der Waals surface area contributed by atoms with Gasteiger partial charge in [0, 0.05) is 32.2 Å². The van der Waals surface area contributed by atoms with E-state index in [1.54, 1.807) is 4.90 Å². The van der Waals surface area contributed by atoms with Gasteiger partial charge in [0.1, 0.15) is 0 Å². The Balaban J connectivity index is 1.89. The van der Waals surface area contributed by atoms with E-state index in [9.17, 15) is 9.59 Å². The van der Waals surface area contributed by atoms with Gasteiger partial charge in [0.25, 0.3) is 0 Å². The van der Waals surface area contributed by atoms with Crippen molar-refractivity contribution in [3.63, 3.8) is 0 Å². The third-order valence-corrected chi connectivity index (χ3v) is 4.16. The summed E-state index contributed by atoms with van der Waals surface area (Å²) in [5.74, 6) is -0.809. The highest BCUT2D eigenvalue weighted by molar-refractivity contribution is 6.35. The Labute approximate surface area is 108 Å². The van der Waals surface area contributed by atoms with Gasteiger partial charge < -0.3 is 15.5 Å². The molecule has 1 atom stereocenters. The fourth-order valence-corrected chi connectivity index (χ4v) is 2.83. The van der Waals surface area contributed by atoms with Gasteiger partial charge in [-0.05, 0) is 18.3 Å². The van der Waals surface area contributed by atoms with Crippen molar-refractivity contribution in [3.05, 3.63) is 0 Å². The summed E-state index contributed by atoms with van der Waals surface area (Å²) in [4.78, 5) is 25.6. The summed E-state index contributed by atoms with van der Waals surface area (Å²) < 4.78 is 0. The van der Waals surface area contributed by atoms with Crippen LogP contribution in [0.1, 0.15) is 33.1 Å². The van der Waals surface area contributed by atoms with Crippen LogP contribution in [0, 0.1) is 5.41 Å². The number of nitrogens with zero attached hydrogens (tertiary/aromatic N) is 1. The Morgan fingerprint density at radius 2 is 1.94 bits per heavy atom. The Morgan fingerprint density at radius 1 is 1.28 bits per heavy atom. The quantitative estimate of drug-likeness (QED) is 0.652. The molecule has 1 heterocycles. The summed E-state index contributed by atoms with van der Waals surface area (Å²) in [6, 6.07) is 0.136. The van der Waals surface area contributed by atoms with Crippen LogP contribution < -0.4 is 10.6 Å². The predicted octanol–water partition coefficient (Wildman–Crippen LogP) is 0.113. The minimum Gasteiger partial charge on any atom is -0.345 e. The number of nitrogens with one attached hydrogen (secondary N) is 2. The lowest BCUT2D eigenvalue weighted by molar-refractivity contribution is -0.146. The summed E-state index contributed by atoms with van der Waals surface area (Å²) in [5, 5.41) is 6.08. The predicted molar refractivity (Wildman–Crippen MR) is 69.0 cm³/mol. The van der Waals surface area contributed by atoms with Crippen LogP contribution in [0.3, 0.4) is 0 Å². The van der Waals surface area contributed by atoms with Gasteiger partial charge in [-0.1, -0.05) is 20.3 Å². The van der Waals surface area contributed by atoms with E-state index in [1.807, 2.05) is 0 Å². The Morgan fingerprint density at radius 3 is 2.50 bits per heavy atom. The van der Waals surface area contributed by atoms with E-state index in [1.165, 1.54) is 0 Å².